The van der Waals surface area contributed by atoms with Crippen LogP contribution in [0.3, 0.4) is 0 Å². The molecule has 2 aromatic rings. The molecule has 8 heteroatoms. The van der Waals surface area contributed by atoms with Crippen LogP contribution in [0.5, 0.6) is 5.75 Å². The molecule has 0 amide bonds. The number of benzene rings is 1. The summed E-state index contributed by atoms with van der Waals surface area (Å²) in [7, 11) is 0. The molecule has 34 heavy (non-hydrogen) atoms. The summed E-state index contributed by atoms with van der Waals surface area (Å²) in [6.45, 7) is 6.35. The van der Waals surface area contributed by atoms with Crippen molar-refractivity contribution < 1.29 is 19.0 Å². The van der Waals surface area contributed by atoms with Gasteiger partial charge in [0.1, 0.15) is 5.75 Å². The van der Waals surface area contributed by atoms with Crippen molar-refractivity contribution in [2.75, 3.05) is 32.7 Å². The number of phenolic OH excluding ortho intramolecular Hbond substituents is 1. The van der Waals surface area contributed by atoms with Crippen molar-refractivity contribution in [3.8, 4) is 5.75 Å². The van der Waals surface area contributed by atoms with Gasteiger partial charge < -0.3 is 15.1 Å². The fourth-order valence-corrected chi connectivity index (χ4v) is 7.09. The quantitative estimate of drug-likeness (QED) is 0.701. The fourth-order valence-electron chi connectivity index (χ4n) is 7.09. The highest BCUT2D eigenvalue weighted by atomic mass is 19.3. The van der Waals surface area contributed by atoms with Gasteiger partial charge in [-0.25, -0.2) is 8.78 Å². The van der Waals surface area contributed by atoms with E-state index in [0.717, 1.165) is 55.7 Å². The molecule has 4 aliphatic rings. The molecule has 4 atom stereocenters. The summed E-state index contributed by atoms with van der Waals surface area (Å²) in [5.74, 6) is -2.92. The van der Waals surface area contributed by atoms with Crippen LogP contribution in [0, 0.1) is 12.8 Å². The number of hydrogen-bond acceptors (Lipinski definition) is 5. The van der Waals surface area contributed by atoms with Crippen molar-refractivity contribution in [2.45, 2.75) is 68.6 Å². The molecule has 3 heterocycles. The van der Waals surface area contributed by atoms with E-state index < -0.39 is 22.9 Å². The van der Waals surface area contributed by atoms with Crippen molar-refractivity contribution in [1.82, 2.24) is 19.6 Å². The van der Waals surface area contributed by atoms with Crippen LogP contribution in [-0.2, 0) is 18.4 Å². The molecule has 4 unspecified atom stereocenters. The van der Waals surface area contributed by atoms with Gasteiger partial charge in [0.05, 0.1) is 18.3 Å². The first-order valence-corrected chi connectivity index (χ1v) is 12.6. The summed E-state index contributed by atoms with van der Waals surface area (Å²) < 4.78 is 29.6. The third-order valence-corrected chi connectivity index (χ3v) is 9.15. The molecule has 3 fully saturated rings. The van der Waals surface area contributed by atoms with Crippen LogP contribution < -0.4 is 0 Å². The van der Waals surface area contributed by atoms with Crippen LogP contribution in [0.2, 0.25) is 0 Å². The van der Waals surface area contributed by atoms with E-state index in [4.69, 9.17) is 0 Å². The molecular weight excluding hydrogens is 438 g/mol. The van der Waals surface area contributed by atoms with E-state index >= 15 is 0 Å². The Bertz CT molecular complexity index is 1090. The molecule has 2 aliphatic carbocycles. The van der Waals surface area contributed by atoms with Gasteiger partial charge in [-0.1, -0.05) is 6.07 Å². The number of hydrogen-bond donors (Lipinski definition) is 2. The lowest BCUT2D eigenvalue weighted by atomic mass is 9.52. The normalized spacial score (nSPS) is 34.8. The van der Waals surface area contributed by atoms with Gasteiger partial charge in [-0.05, 0) is 74.5 Å². The van der Waals surface area contributed by atoms with Gasteiger partial charge >= 0.3 is 0 Å². The first kappa shape index (κ1) is 22.4. The van der Waals surface area contributed by atoms with E-state index in [2.05, 4.69) is 14.9 Å². The average molecular weight is 473 g/mol. The van der Waals surface area contributed by atoms with Crippen molar-refractivity contribution >= 4 is 0 Å². The Kier molecular flexibility index (Phi) is 5.10. The zero-order valence-corrected chi connectivity index (χ0v) is 19.8. The molecule has 2 saturated heterocycles. The molecule has 0 radical (unpaired) electrons. The van der Waals surface area contributed by atoms with Gasteiger partial charge in [0.25, 0.3) is 5.92 Å². The topological polar surface area (TPSA) is 64.8 Å². The molecule has 1 saturated carbocycles. The molecule has 2 bridgehead atoms. The summed E-state index contributed by atoms with van der Waals surface area (Å²) >= 11 is 0. The van der Waals surface area contributed by atoms with Crippen LogP contribution in [0.25, 0.3) is 0 Å². The molecule has 1 aromatic heterocycles. The van der Waals surface area contributed by atoms with Crippen LogP contribution in [-0.4, -0.2) is 80.1 Å². The monoisotopic (exact) mass is 472 g/mol. The Balaban J connectivity index is 1.30. The third kappa shape index (κ3) is 3.48. The maximum Gasteiger partial charge on any atom is 0.252 e. The standard InChI is InChI=1S/C26H34F2N4O2/c1-18-15-29-32(16-18)11-10-30-7-4-24-5-9-31(17-20-14-26(20,27)28)23(25(24,34)6-8-30)12-19-2-3-21(33)13-22(19)24/h2-3,13,15-16,20,23,33-34H,4-12,14,17H2,1H3. The van der Waals surface area contributed by atoms with Gasteiger partial charge in [0, 0.05) is 49.6 Å². The lowest BCUT2D eigenvalue weighted by molar-refractivity contribution is -0.150. The number of alkyl halides is 2. The van der Waals surface area contributed by atoms with Gasteiger partial charge in [-0.15, -0.1) is 0 Å². The second kappa shape index (κ2) is 7.73. The summed E-state index contributed by atoms with van der Waals surface area (Å²) in [6.07, 6.45) is 6.62. The lowest BCUT2D eigenvalue weighted by Gasteiger charge is -2.61. The Morgan fingerprint density at radius 1 is 1.12 bits per heavy atom. The van der Waals surface area contributed by atoms with Crippen molar-refractivity contribution in [2.24, 2.45) is 5.92 Å². The molecule has 2 N–H and O–H groups in total. The van der Waals surface area contributed by atoms with E-state index in [1.54, 1.807) is 6.07 Å². The van der Waals surface area contributed by atoms with Gasteiger partial charge in [-0.3, -0.25) is 9.58 Å². The zero-order chi connectivity index (χ0) is 23.7. The van der Waals surface area contributed by atoms with Crippen molar-refractivity contribution in [1.29, 1.82) is 0 Å². The third-order valence-electron chi connectivity index (χ3n) is 9.15. The number of likely N-dealkylation sites (tertiary alicyclic amines) is 2. The number of nitrogens with zero attached hydrogens (tertiary/aromatic N) is 4. The van der Waals surface area contributed by atoms with Gasteiger partial charge in [0.2, 0.25) is 0 Å². The van der Waals surface area contributed by atoms with E-state index in [0.29, 0.717) is 25.9 Å². The molecule has 1 aromatic carbocycles. The molecule has 6 nitrogen and oxygen atoms in total. The molecule has 0 spiro atoms. The second-order valence-electron chi connectivity index (χ2n) is 11.1. The summed E-state index contributed by atoms with van der Waals surface area (Å²) in [6, 6.07) is 5.35. The largest absolute Gasteiger partial charge is 0.508 e. The van der Waals surface area contributed by atoms with Crippen LogP contribution in [0.15, 0.2) is 30.6 Å². The number of fused-ring (bicyclic) bond motifs is 1. The van der Waals surface area contributed by atoms with Crippen LogP contribution in [0.1, 0.15) is 42.4 Å². The van der Waals surface area contributed by atoms with Crippen LogP contribution in [0.4, 0.5) is 8.78 Å². The summed E-state index contributed by atoms with van der Waals surface area (Å²) in [5, 5.41) is 27.2. The highest BCUT2D eigenvalue weighted by Crippen LogP contribution is 2.57. The predicted octanol–water partition coefficient (Wildman–Crippen LogP) is 2.95. The maximum atomic E-state index is 13.8. The number of aromatic nitrogens is 2. The fraction of sp³-hybridized carbons (Fsp3) is 0.654. The van der Waals surface area contributed by atoms with Crippen molar-refractivity contribution in [3.05, 3.63) is 47.3 Å². The molecular formula is C26H34F2N4O2. The number of aromatic hydroxyl groups is 1. The minimum Gasteiger partial charge on any atom is -0.508 e. The maximum absolute atomic E-state index is 13.8. The van der Waals surface area contributed by atoms with E-state index in [1.807, 2.05) is 36.1 Å². The van der Waals surface area contributed by atoms with E-state index in [1.165, 1.54) is 0 Å². The van der Waals surface area contributed by atoms with Gasteiger partial charge in [0.15, 0.2) is 0 Å². The van der Waals surface area contributed by atoms with E-state index in [9.17, 15) is 19.0 Å². The number of aryl methyl sites for hydroxylation is 1. The smallest absolute Gasteiger partial charge is 0.252 e. The van der Waals surface area contributed by atoms with Crippen LogP contribution >= 0.6 is 0 Å². The summed E-state index contributed by atoms with van der Waals surface area (Å²) in [5.41, 5.74) is 1.87. The van der Waals surface area contributed by atoms with E-state index in [-0.39, 0.29) is 18.2 Å². The second-order valence-corrected chi connectivity index (χ2v) is 11.1. The Hall–Kier alpha value is -2.03. The first-order valence-electron chi connectivity index (χ1n) is 12.6. The number of aliphatic hydroxyl groups is 1. The molecule has 6 rings (SSSR count). The Labute approximate surface area is 199 Å². The Morgan fingerprint density at radius 2 is 1.88 bits per heavy atom. The zero-order valence-electron chi connectivity index (χ0n) is 19.8. The average Bonchev–Trinajstić information content (AvgIpc) is 3.23. The highest BCUT2D eigenvalue weighted by molar-refractivity contribution is 5.48. The SMILES string of the molecule is Cc1cnn(CCN2CCC34CCN(CC5CC5(F)F)C(Cc5ccc(O)cc53)C4(O)CC2)c1. The predicted molar refractivity (Wildman–Crippen MR) is 124 cm³/mol. The minimum absolute atomic E-state index is 0.0368. The summed E-state index contributed by atoms with van der Waals surface area (Å²) in [4.78, 5) is 4.56. The number of rotatable bonds is 5. The van der Waals surface area contributed by atoms with Gasteiger partial charge in [-0.2, -0.15) is 5.10 Å². The highest BCUT2D eigenvalue weighted by Gasteiger charge is 2.65. The first-order chi connectivity index (χ1) is 16.2. The number of phenols is 1. The lowest BCUT2D eigenvalue weighted by Crippen LogP contribution is -2.71. The minimum atomic E-state index is -2.55. The van der Waals surface area contributed by atoms with Crippen molar-refractivity contribution in [3.63, 3.8) is 0 Å². The Morgan fingerprint density at radius 3 is 2.62 bits per heavy atom. The number of halogens is 2. The molecule has 2 aliphatic heterocycles. The molecule has 184 valence electrons. The number of piperidine rings is 1.